The van der Waals surface area contributed by atoms with Crippen molar-refractivity contribution in [1.82, 2.24) is 9.21 Å². The summed E-state index contributed by atoms with van der Waals surface area (Å²) in [6.45, 7) is 2.31. The number of hydrogen-bond acceptors (Lipinski definition) is 8. The van der Waals surface area contributed by atoms with Crippen LogP contribution in [0.3, 0.4) is 0 Å². The molecular formula is C23H27N3O10S. The largest absolute Gasteiger partial charge is 0.493 e. The van der Waals surface area contributed by atoms with Crippen LogP contribution < -0.4 is 14.8 Å². The second kappa shape index (κ2) is 12.7. The van der Waals surface area contributed by atoms with E-state index < -0.39 is 22.0 Å². The predicted octanol–water partition coefficient (Wildman–Crippen LogP) is 0.965. The van der Waals surface area contributed by atoms with Crippen molar-refractivity contribution in [2.75, 3.05) is 45.7 Å². The first-order chi connectivity index (χ1) is 17.4. The lowest BCUT2D eigenvalue weighted by Gasteiger charge is -2.34. The van der Waals surface area contributed by atoms with Crippen LogP contribution in [0, 0.1) is 0 Å². The number of carboxylic acid groups (broad SMARTS) is 2. The number of carboxylic acids is 2. The number of nitrogens with zero attached hydrogens (tertiary/aromatic N) is 2. The second-order valence-corrected chi connectivity index (χ2v) is 9.52. The minimum Gasteiger partial charge on any atom is -0.493 e. The Morgan fingerprint density at radius 1 is 0.838 bits per heavy atom. The number of rotatable bonds is 6. The minimum absolute atomic E-state index is 0.140. The van der Waals surface area contributed by atoms with Crippen LogP contribution in [0.1, 0.15) is 17.3 Å². The molecule has 200 valence electrons. The zero-order chi connectivity index (χ0) is 27.8. The molecule has 0 unspecified atom stereocenters. The van der Waals surface area contributed by atoms with Gasteiger partial charge < -0.3 is 29.9 Å². The number of piperazine rings is 1. The number of ether oxygens (including phenoxy) is 2. The molecule has 37 heavy (non-hydrogen) atoms. The van der Waals surface area contributed by atoms with Crippen LogP contribution in [0.2, 0.25) is 0 Å². The molecular weight excluding hydrogens is 510 g/mol. The van der Waals surface area contributed by atoms with Crippen molar-refractivity contribution in [1.29, 1.82) is 0 Å². The molecule has 0 aliphatic carbocycles. The zero-order valence-corrected chi connectivity index (χ0v) is 21.1. The number of carbonyl (C=O) groups excluding carboxylic acids is 2. The maximum atomic E-state index is 12.9. The van der Waals surface area contributed by atoms with E-state index in [1.807, 2.05) is 0 Å². The Labute approximate surface area is 213 Å². The lowest BCUT2D eigenvalue weighted by molar-refractivity contribution is -0.159. The van der Waals surface area contributed by atoms with Gasteiger partial charge in [0.1, 0.15) is 0 Å². The van der Waals surface area contributed by atoms with Gasteiger partial charge in [-0.15, -0.1) is 0 Å². The average molecular weight is 538 g/mol. The number of amides is 2. The van der Waals surface area contributed by atoms with Gasteiger partial charge in [0, 0.05) is 44.4 Å². The Balaban J connectivity index is 0.000000717. The lowest BCUT2D eigenvalue weighted by Crippen LogP contribution is -2.50. The molecule has 0 aromatic heterocycles. The van der Waals surface area contributed by atoms with Gasteiger partial charge in [0.05, 0.1) is 19.1 Å². The van der Waals surface area contributed by atoms with E-state index in [0.29, 0.717) is 22.7 Å². The lowest BCUT2D eigenvalue weighted by atomic mass is 10.1. The number of nitrogens with one attached hydrogen (secondary N) is 1. The first-order valence-corrected chi connectivity index (χ1v) is 12.2. The number of benzene rings is 2. The molecule has 1 heterocycles. The smallest absolute Gasteiger partial charge is 0.414 e. The third-order valence-corrected chi connectivity index (χ3v) is 7.06. The maximum absolute atomic E-state index is 12.9. The van der Waals surface area contributed by atoms with Crippen molar-refractivity contribution in [3.8, 4) is 11.5 Å². The van der Waals surface area contributed by atoms with E-state index in [9.17, 15) is 18.0 Å². The molecule has 1 fully saturated rings. The molecule has 14 heteroatoms. The van der Waals surface area contributed by atoms with Gasteiger partial charge in [0.25, 0.3) is 5.91 Å². The summed E-state index contributed by atoms with van der Waals surface area (Å²) in [4.78, 5) is 43.9. The highest BCUT2D eigenvalue weighted by atomic mass is 32.2. The van der Waals surface area contributed by atoms with Crippen LogP contribution in [0.5, 0.6) is 11.5 Å². The van der Waals surface area contributed by atoms with Crippen molar-refractivity contribution in [2.45, 2.75) is 11.8 Å². The van der Waals surface area contributed by atoms with Crippen LogP contribution in [0.15, 0.2) is 47.4 Å². The quantitative estimate of drug-likeness (QED) is 0.449. The van der Waals surface area contributed by atoms with Crippen molar-refractivity contribution < 1.29 is 47.3 Å². The molecule has 3 rings (SSSR count). The molecule has 2 aromatic rings. The molecule has 1 aliphatic rings. The summed E-state index contributed by atoms with van der Waals surface area (Å²) >= 11 is 0. The summed E-state index contributed by atoms with van der Waals surface area (Å²) in [7, 11) is -0.676. The third-order valence-electron chi connectivity index (χ3n) is 5.15. The summed E-state index contributed by atoms with van der Waals surface area (Å²) in [5.41, 5.74) is 0.972. The number of sulfonamides is 1. The van der Waals surface area contributed by atoms with Crippen molar-refractivity contribution >= 4 is 39.5 Å². The van der Waals surface area contributed by atoms with E-state index in [-0.39, 0.29) is 42.9 Å². The molecule has 0 bridgehead atoms. The Kier molecular flexibility index (Phi) is 9.97. The molecule has 2 amide bonds. The monoisotopic (exact) mass is 537 g/mol. The van der Waals surface area contributed by atoms with Crippen LogP contribution in [0.4, 0.5) is 5.69 Å². The van der Waals surface area contributed by atoms with Crippen LogP contribution in [-0.2, 0) is 24.4 Å². The molecule has 2 aromatic carbocycles. The standard InChI is InChI=1S/C21H25N3O6S.C2H2O4/c1-15(25)22-17-5-7-18(8-6-17)31(27,28)24-12-10-23(11-13-24)21(26)16-4-9-19(29-2)20(14-16)30-3;3-1(4)2(5)6/h4-9,14H,10-13H2,1-3H3,(H,22,25);(H,3,4)(H,5,6). The number of methoxy groups -OCH3 is 2. The van der Waals surface area contributed by atoms with Crippen molar-refractivity contribution in [3.63, 3.8) is 0 Å². The number of hydrogen-bond donors (Lipinski definition) is 3. The molecule has 3 N–H and O–H groups in total. The van der Waals surface area contributed by atoms with Gasteiger partial charge in [0.15, 0.2) is 11.5 Å². The third kappa shape index (κ3) is 7.65. The molecule has 13 nitrogen and oxygen atoms in total. The predicted molar refractivity (Wildman–Crippen MR) is 130 cm³/mol. The normalized spacial score (nSPS) is 13.5. The fraction of sp³-hybridized carbons (Fsp3) is 0.304. The van der Waals surface area contributed by atoms with E-state index in [2.05, 4.69) is 5.32 Å². The van der Waals surface area contributed by atoms with Gasteiger partial charge in [0.2, 0.25) is 15.9 Å². The number of anilines is 1. The van der Waals surface area contributed by atoms with Gasteiger partial charge >= 0.3 is 11.9 Å². The molecule has 1 aliphatic heterocycles. The van der Waals surface area contributed by atoms with Crippen LogP contribution in [-0.4, -0.2) is 92.0 Å². The van der Waals surface area contributed by atoms with E-state index in [0.717, 1.165) is 0 Å². The molecule has 0 radical (unpaired) electrons. The highest BCUT2D eigenvalue weighted by Gasteiger charge is 2.30. The number of aliphatic carboxylic acids is 2. The first kappa shape index (κ1) is 29.1. The van der Waals surface area contributed by atoms with E-state index in [1.54, 1.807) is 35.2 Å². The Hall–Kier alpha value is -4.17. The Morgan fingerprint density at radius 2 is 1.38 bits per heavy atom. The summed E-state index contributed by atoms with van der Waals surface area (Å²) in [6.07, 6.45) is 0. The topological polar surface area (TPSA) is 180 Å². The van der Waals surface area contributed by atoms with E-state index in [4.69, 9.17) is 29.3 Å². The number of carbonyl (C=O) groups is 4. The summed E-state index contributed by atoms with van der Waals surface area (Å²) < 4.78 is 37.7. The van der Waals surface area contributed by atoms with Gasteiger partial charge in [-0.25, -0.2) is 18.0 Å². The highest BCUT2D eigenvalue weighted by molar-refractivity contribution is 7.89. The maximum Gasteiger partial charge on any atom is 0.414 e. The highest BCUT2D eigenvalue weighted by Crippen LogP contribution is 2.28. The van der Waals surface area contributed by atoms with Crippen molar-refractivity contribution in [2.24, 2.45) is 0 Å². The molecule has 0 spiro atoms. The fourth-order valence-electron chi connectivity index (χ4n) is 3.35. The van der Waals surface area contributed by atoms with Gasteiger partial charge in [-0.1, -0.05) is 0 Å². The molecule has 0 atom stereocenters. The SMILES string of the molecule is COc1ccc(C(=O)N2CCN(S(=O)(=O)c3ccc(NC(C)=O)cc3)CC2)cc1OC.O=C(O)C(=O)O. The molecule has 1 saturated heterocycles. The van der Waals surface area contributed by atoms with Crippen molar-refractivity contribution in [3.05, 3.63) is 48.0 Å². The Bertz CT molecular complexity index is 1240. The summed E-state index contributed by atoms with van der Waals surface area (Å²) in [5, 5.41) is 17.4. The molecule has 0 saturated carbocycles. The van der Waals surface area contributed by atoms with Gasteiger partial charge in [-0.2, -0.15) is 4.31 Å². The zero-order valence-electron chi connectivity index (χ0n) is 20.3. The van der Waals surface area contributed by atoms with E-state index >= 15 is 0 Å². The van der Waals surface area contributed by atoms with Gasteiger partial charge in [-0.3, -0.25) is 9.59 Å². The average Bonchev–Trinajstić information content (AvgIpc) is 2.88. The van der Waals surface area contributed by atoms with Gasteiger partial charge in [-0.05, 0) is 42.5 Å². The van der Waals surface area contributed by atoms with Crippen LogP contribution >= 0.6 is 0 Å². The second-order valence-electron chi connectivity index (χ2n) is 7.58. The van der Waals surface area contributed by atoms with Crippen LogP contribution in [0.25, 0.3) is 0 Å². The summed E-state index contributed by atoms with van der Waals surface area (Å²) in [6, 6.07) is 10.9. The van der Waals surface area contributed by atoms with E-state index in [1.165, 1.54) is 37.6 Å². The summed E-state index contributed by atoms with van der Waals surface area (Å²) in [5.74, 6) is -3.09. The first-order valence-electron chi connectivity index (χ1n) is 10.8. The fourth-order valence-corrected chi connectivity index (χ4v) is 4.77. The Morgan fingerprint density at radius 3 is 1.84 bits per heavy atom. The minimum atomic E-state index is -3.69.